The van der Waals surface area contributed by atoms with Crippen LogP contribution >= 0.6 is 0 Å². The van der Waals surface area contributed by atoms with Gasteiger partial charge >= 0.3 is 6.18 Å². The van der Waals surface area contributed by atoms with E-state index in [1.54, 1.807) is 122 Å². The van der Waals surface area contributed by atoms with Crippen LogP contribution in [0.3, 0.4) is 0 Å². The largest absolute Gasteiger partial charge is 0.418 e. The molecule has 14 heteroatoms. The highest BCUT2D eigenvalue weighted by molar-refractivity contribution is 6.12. The van der Waals surface area contributed by atoms with Crippen LogP contribution in [-0.4, -0.2) is 29.1 Å². The van der Waals surface area contributed by atoms with E-state index in [1.165, 1.54) is 9.13 Å². The van der Waals surface area contributed by atoms with Crippen LogP contribution in [0, 0.1) is 29.1 Å². The Morgan fingerprint density at radius 1 is 0.407 bits per heavy atom. The summed E-state index contributed by atoms with van der Waals surface area (Å²) in [5.74, 6) is -10.6. The standard InChI is InChI=1S/C45H22F8N6/c46-38-37(39(47)41(49)42(50)40(38)48)29-21-36(59-32-10-4-2-8-26(32)28-20-24(12-14-34(28)59)44-56-17-6-18-57-44)30(45(51,52)53)22-35(29)58-31-9-3-1-7-25(31)27-19-23(11-13-33(27)58)43-54-15-5-16-55-43/h1-22H. The molecule has 4 aromatic heterocycles. The average Bonchev–Trinajstić information content (AvgIpc) is 3.77. The van der Waals surface area contributed by atoms with Crippen molar-refractivity contribution in [3.63, 3.8) is 0 Å². The lowest BCUT2D eigenvalue weighted by atomic mass is 9.97. The molecule has 10 aromatic rings. The second kappa shape index (κ2) is 13.3. The van der Waals surface area contributed by atoms with E-state index in [9.17, 15) is 4.39 Å². The molecule has 0 aliphatic rings. The first kappa shape index (κ1) is 35.9. The zero-order valence-electron chi connectivity index (χ0n) is 29.9. The molecule has 59 heavy (non-hydrogen) atoms. The van der Waals surface area contributed by atoms with E-state index in [2.05, 4.69) is 19.9 Å². The average molecular weight is 799 g/mol. The number of benzene rings is 6. The topological polar surface area (TPSA) is 61.4 Å². The van der Waals surface area contributed by atoms with Gasteiger partial charge in [-0.1, -0.05) is 36.4 Å². The Labute approximate surface area is 327 Å². The van der Waals surface area contributed by atoms with E-state index < -0.39 is 63.3 Å². The normalized spacial score (nSPS) is 12.1. The van der Waals surface area contributed by atoms with Gasteiger partial charge in [-0.15, -0.1) is 0 Å². The van der Waals surface area contributed by atoms with Crippen molar-refractivity contribution in [2.24, 2.45) is 0 Å². The Balaban J connectivity index is 1.35. The Bertz CT molecular complexity index is 3290. The SMILES string of the molecule is Fc1c(F)c(F)c(-c2cc(-n3c4ccccc4c4cc(-c5ncccn5)ccc43)c(C(F)(F)F)cc2-n2c3ccccc3c3cc(-c4ncccn4)ccc32)c(F)c1F. The minimum atomic E-state index is -5.12. The fourth-order valence-corrected chi connectivity index (χ4v) is 7.85. The van der Waals surface area contributed by atoms with Gasteiger partial charge in [-0.2, -0.15) is 13.2 Å². The molecule has 10 rings (SSSR count). The number of hydrogen-bond acceptors (Lipinski definition) is 4. The minimum Gasteiger partial charge on any atom is -0.309 e. The van der Waals surface area contributed by atoms with Crippen molar-refractivity contribution in [3.05, 3.63) is 169 Å². The molecule has 0 bridgehead atoms. The summed E-state index contributed by atoms with van der Waals surface area (Å²) in [6.45, 7) is 0. The van der Waals surface area contributed by atoms with E-state index in [0.717, 1.165) is 6.07 Å². The van der Waals surface area contributed by atoms with E-state index in [-0.39, 0.29) is 22.1 Å². The van der Waals surface area contributed by atoms with Gasteiger partial charge in [-0.25, -0.2) is 41.9 Å². The number of para-hydroxylation sites is 2. The zero-order valence-corrected chi connectivity index (χ0v) is 29.9. The molecule has 0 spiro atoms. The molecule has 6 nitrogen and oxygen atoms in total. The Hall–Kier alpha value is -7.48. The predicted octanol–water partition coefficient (Wildman–Crippen LogP) is 12.2. The van der Waals surface area contributed by atoms with Crippen molar-refractivity contribution >= 4 is 43.6 Å². The number of nitrogens with zero attached hydrogens (tertiary/aromatic N) is 6. The molecule has 0 fully saturated rings. The summed E-state index contributed by atoms with van der Waals surface area (Å²) in [5.41, 5.74) is -2.29. The summed E-state index contributed by atoms with van der Waals surface area (Å²) in [6, 6.07) is 27.8. The molecule has 0 saturated carbocycles. The zero-order chi connectivity index (χ0) is 40.7. The quantitative estimate of drug-likeness (QED) is 0.0988. The summed E-state index contributed by atoms with van der Waals surface area (Å²) in [4.78, 5) is 17.2. The maximum Gasteiger partial charge on any atom is 0.418 e. The van der Waals surface area contributed by atoms with Gasteiger partial charge in [-0.05, 0) is 72.8 Å². The van der Waals surface area contributed by atoms with E-state index in [4.69, 9.17) is 0 Å². The van der Waals surface area contributed by atoms with Gasteiger partial charge < -0.3 is 9.13 Å². The maximum atomic E-state index is 16.1. The lowest BCUT2D eigenvalue weighted by Crippen LogP contribution is -2.14. The maximum absolute atomic E-state index is 16.1. The molecule has 0 atom stereocenters. The van der Waals surface area contributed by atoms with Crippen LogP contribution in [-0.2, 0) is 6.18 Å². The summed E-state index contributed by atoms with van der Waals surface area (Å²) in [7, 11) is 0. The van der Waals surface area contributed by atoms with Crippen LogP contribution in [0.5, 0.6) is 0 Å². The molecule has 0 radical (unpaired) electrons. The summed E-state index contributed by atoms with van der Waals surface area (Å²) in [5, 5.41) is 2.01. The Kier molecular flexibility index (Phi) is 8.09. The molecule has 0 unspecified atom stereocenters. The summed E-state index contributed by atoms with van der Waals surface area (Å²) >= 11 is 0. The highest BCUT2D eigenvalue weighted by Gasteiger charge is 2.38. The molecule has 288 valence electrons. The highest BCUT2D eigenvalue weighted by atomic mass is 19.4. The van der Waals surface area contributed by atoms with Gasteiger partial charge in [0.15, 0.2) is 34.9 Å². The van der Waals surface area contributed by atoms with Crippen LogP contribution in [0.1, 0.15) is 5.56 Å². The third-order valence-corrected chi connectivity index (χ3v) is 10.4. The first-order valence-electron chi connectivity index (χ1n) is 17.9. The minimum absolute atomic E-state index is 0.250. The number of rotatable bonds is 5. The van der Waals surface area contributed by atoms with Gasteiger partial charge in [0.1, 0.15) is 0 Å². The molecule has 0 saturated heterocycles. The lowest BCUT2D eigenvalue weighted by molar-refractivity contribution is -0.137. The number of halogens is 8. The number of alkyl halides is 3. The summed E-state index contributed by atoms with van der Waals surface area (Å²) < 4.78 is 127. The fourth-order valence-electron chi connectivity index (χ4n) is 7.85. The van der Waals surface area contributed by atoms with Crippen molar-refractivity contribution in [1.82, 2.24) is 29.1 Å². The van der Waals surface area contributed by atoms with Gasteiger partial charge in [0.25, 0.3) is 0 Å². The monoisotopic (exact) mass is 798 g/mol. The van der Waals surface area contributed by atoms with Crippen LogP contribution in [0.2, 0.25) is 0 Å². The van der Waals surface area contributed by atoms with Gasteiger partial charge in [0, 0.05) is 63.0 Å². The molecule has 4 heterocycles. The van der Waals surface area contributed by atoms with Crippen LogP contribution < -0.4 is 0 Å². The first-order valence-corrected chi connectivity index (χ1v) is 17.9. The molecule has 0 amide bonds. The molecular weight excluding hydrogens is 777 g/mol. The Morgan fingerprint density at radius 3 is 1.31 bits per heavy atom. The van der Waals surface area contributed by atoms with E-state index >= 15 is 30.7 Å². The second-order valence-corrected chi connectivity index (χ2v) is 13.6. The fraction of sp³-hybridized carbons (Fsp3) is 0.0222. The predicted molar refractivity (Wildman–Crippen MR) is 207 cm³/mol. The number of aromatic nitrogens is 6. The smallest absolute Gasteiger partial charge is 0.309 e. The molecule has 6 aromatic carbocycles. The van der Waals surface area contributed by atoms with E-state index in [0.29, 0.717) is 50.4 Å². The second-order valence-electron chi connectivity index (χ2n) is 13.6. The highest BCUT2D eigenvalue weighted by Crippen LogP contribution is 2.47. The molecular formula is C45H22F8N6. The van der Waals surface area contributed by atoms with Crippen LogP contribution in [0.4, 0.5) is 35.1 Å². The van der Waals surface area contributed by atoms with Gasteiger partial charge in [0.05, 0.1) is 44.6 Å². The molecule has 0 aliphatic carbocycles. The van der Waals surface area contributed by atoms with Gasteiger partial charge in [-0.3, -0.25) is 0 Å². The molecule has 0 aliphatic heterocycles. The Morgan fingerprint density at radius 2 is 0.831 bits per heavy atom. The van der Waals surface area contributed by atoms with Crippen LogP contribution in [0.25, 0.3) is 88.9 Å². The third kappa shape index (κ3) is 5.54. The number of hydrogen-bond donors (Lipinski definition) is 0. The van der Waals surface area contributed by atoms with Crippen molar-refractivity contribution in [3.8, 4) is 45.3 Å². The number of fused-ring (bicyclic) bond motifs is 6. The lowest BCUT2D eigenvalue weighted by Gasteiger charge is -2.22. The van der Waals surface area contributed by atoms with E-state index in [1.807, 2.05) is 0 Å². The van der Waals surface area contributed by atoms with Gasteiger partial charge in [0.2, 0.25) is 5.82 Å². The van der Waals surface area contributed by atoms with Crippen molar-refractivity contribution < 1.29 is 35.1 Å². The first-order chi connectivity index (χ1) is 28.5. The van der Waals surface area contributed by atoms with Crippen molar-refractivity contribution in [2.75, 3.05) is 0 Å². The summed E-state index contributed by atoms with van der Waals surface area (Å²) in [6.07, 6.45) is 1.05. The third-order valence-electron chi connectivity index (χ3n) is 10.4. The van der Waals surface area contributed by atoms with Crippen molar-refractivity contribution in [1.29, 1.82) is 0 Å². The van der Waals surface area contributed by atoms with Crippen molar-refractivity contribution in [2.45, 2.75) is 6.18 Å². The molecule has 0 N–H and O–H groups in total. The van der Waals surface area contributed by atoms with Crippen LogP contribution in [0.15, 0.2) is 134 Å².